The Morgan fingerprint density at radius 1 is 1.04 bits per heavy atom. The molecule has 4 bridgehead atoms. The van der Waals surface area contributed by atoms with E-state index in [1.807, 2.05) is 13.8 Å². The second-order valence-corrected chi connectivity index (χ2v) is 7.55. The molecule has 0 saturated carbocycles. The first kappa shape index (κ1) is 17.3. The Morgan fingerprint density at radius 3 is 1.83 bits per heavy atom. The lowest BCUT2D eigenvalue weighted by atomic mass is 9.58. The molecule has 132 valence electrons. The van der Waals surface area contributed by atoms with E-state index in [2.05, 4.69) is 9.80 Å². The summed E-state index contributed by atoms with van der Waals surface area (Å²) in [4.78, 5) is 17.2. The predicted octanol–water partition coefficient (Wildman–Crippen LogP) is -1.61. The van der Waals surface area contributed by atoms with Crippen molar-refractivity contribution in [3.63, 3.8) is 0 Å². The normalized spacial score (nSPS) is 46.0. The van der Waals surface area contributed by atoms with Crippen LogP contribution < -0.4 is 0 Å². The molecule has 23 heavy (non-hydrogen) atoms. The molecule has 0 amide bonds. The van der Waals surface area contributed by atoms with Gasteiger partial charge in [-0.1, -0.05) is 13.8 Å². The van der Waals surface area contributed by atoms with Crippen LogP contribution in [0.1, 0.15) is 26.7 Å². The summed E-state index contributed by atoms with van der Waals surface area (Å²) in [5.41, 5.74) is -0.771. The van der Waals surface area contributed by atoms with Crippen LogP contribution in [0.4, 0.5) is 0 Å². The number of aliphatic hydroxyl groups is 4. The van der Waals surface area contributed by atoms with Crippen molar-refractivity contribution in [3.8, 4) is 0 Å². The van der Waals surface area contributed by atoms with Crippen LogP contribution in [0, 0.1) is 10.8 Å². The fourth-order valence-corrected chi connectivity index (χ4v) is 4.93. The molecule has 4 aliphatic heterocycles. The number of hydrogen-bond donors (Lipinski definition) is 4. The third-order valence-electron chi connectivity index (χ3n) is 6.32. The Bertz CT molecular complexity index is 443. The first-order valence-corrected chi connectivity index (χ1v) is 8.52. The minimum absolute atomic E-state index is 0.353. The summed E-state index contributed by atoms with van der Waals surface area (Å²) >= 11 is 0. The minimum atomic E-state index is -1.41. The van der Waals surface area contributed by atoms with E-state index in [1.165, 1.54) is 0 Å². The maximum absolute atomic E-state index is 13.0. The molecule has 4 fully saturated rings. The van der Waals surface area contributed by atoms with Gasteiger partial charge in [-0.25, -0.2) is 0 Å². The molecular weight excluding hydrogens is 300 g/mol. The smallest absolute Gasteiger partial charge is 0.150 e. The first-order valence-electron chi connectivity index (χ1n) is 8.52. The van der Waals surface area contributed by atoms with E-state index in [4.69, 9.17) is 5.11 Å². The Kier molecular flexibility index (Phi) is 4.32. The number of carbonyl (C=O) groups excluding carboxylic acids is 1. The highest BCUT2D eigenvalue weighted by molar-refractivity contribution is 5.93. The summed E-state index contributed by atoms with van der Waals surface area (Å²) in [6.07, 6.45) is -2.84. The lowest BCUT2D eigenvalue weighted by Crippen LogP contribution is -2.81. The number of ketones is 1. The molecule has 0 aromatic carbocycles. The summed E-state index contributed by atoms with van der Waals surface area (Å²) in [7, 11) is 0. The van der Waals surface area contributed by atoms with Gasteiger partial charge in [0, 0.05) is 26.2 Å². The van der Waals surface area contributed by atoms with E-state index in [0.29, 0.717) is 32.0 Å². The summed E-state index contributed by atoms with van der Waals surface area (Å²) in [6.45, 7) is 5.82. The SMILES string of the molecule is CCC12CN3CC(CC)(CN(C1)C3[C@@H](O)[C@H](O)[C@@H](O)CO)C2=O. The highest BCUT2D eigenvalue weighted by Gasteiger charge is 2.65. The van der Waals surface area contributed by atoms with Gasteiger partial charge in [0.2, 0.25) is 0 Å². The molecule has 0 radical (unpaired) electrons. The number of piperidine rings is 2. The molecule has 7 nitrogen and oxygen atoms in total. The molecule has 0 aromatic heterocycles. The highest BCUT2D eigenvalue weighted by atomic mass is 16.4. The number of rotatable bonds is 6. The van der Waals surface area contributed by atoms with Gasteiger partial charge >= 0.3 is 0 Å². The number of nitrogens with zero attached hydrogens (tertiary/aromatic N) is 2. The largest absolute Gasteiger partial charge is 0.394 e. The van der Waals surface area contributed by atoms with Gasteiger partial charge in [0.05, 0.1) is 23.6 Å². The number of carbonyl (C=O) groups is 1. The third-order valence-corrected chi connectivity index (χ3v) is 6.32. The molecule has 4 N–H and O–H groups in total. The van der Waals surface area contributed by atoms with E-state index in [9.17, 15) is 20.1 Å². The van der Waals surface area contributed by atoms with Gasteiger partial charge in [0.1, 0.15) is 24.1 Å². The van der Waals surface area contributed by atoms with Gasteiger partial charge in [-0.15, -0.1) is 0 Å². The number of aliphatic hydroxyl groups excluding tert-OH is 4. The molecule has 0 aliphatic carbocycles. The number of Topliss-reactive ketones (excluding diaryl/α,β-unsaturated/α-hetero) is 1. The van der Waals surface area contributed by atoms with E-state index in [0.717, 1.165) is 12.8 Å². The van der Waals surface area contributed by atoms with Crippen molar-refractivity contribution in [2.75, 3.05) is 32.8 Å². The molecule has 0 aromatic rings. The maximum atomic E-state index is 13.0. The lowest BCUT2D eigenvalue weighted by molar-refractivity contribution is -0.231. The van der Waals surface area contributed by atoms with E-state index < -0.39 is 31.1 Å². The van der Waals surface area contributed by atoms with E-state index >= 15 is 0 Å². The Balaban J connectivity index is 1.88. The van der Waals surface area contributed by atoms with E-state index in [1.54, 1.807) is 0 Å². The summed E-state index contributed by atoms with van der Waals surface area (Å²) in [5, 5.41) is 39.3. The monoisotopic (exact) mass is 328 g/mol. The van der Waals surface area contributed by atoms with Crippen molar-refractivity contribution >= 4 is 5.78 Å². The second-order valence-electron chi connectivity index (χ2n) is 7.55. The van der Waals surface area contributed by atoms with Crippen molar-refractivity contribution in [1.82, 2.24) is 9.80 Å². The molecule has 4 rings (SSSR count). The summed E-state index contributed by atoms with van der Waals surface area (Å²) < 4.78 is 0. The van der Waals surface area contributed by atoms with Gasteiger partial charge in [-0.3, -0.25) is 14.6 Å². The van der Waals surface area contributed by atoms with Crippen molar-refractivity contribution < 1.29 is 25.2 Å². The molecular formula is C16H28N2O5. The molecule has 0 spiro atoms. The molecule has 4 aliphatic rings. The molecule has 3 atom stereocenters. The predicted molar refractivity (Wildman–Crippen MR) is 82.5 cm³/mol. The van der Waals surface area contributed by atoms with Crippen LogP contribution >= 0.6 is 0 Å². The Morgan fingerprint density at radius 2 is 1.48 bits per heavy atom. The van der Waals surface area contributed by atoms with Crippen LogP contribution in [-0.4, -0.2) is 93.3 Å². The Labute approximate surface area is 136 Å². The fourth-order valence-electron chi connectivity index (χ4n) is 4.93. The molecule has 7 heteroatoms. The quantitative estimate of drug-likeness (QED) is 0.465. The first-order chi connectivity index (χ1) is 10.8. The van der Waals surface area contributed by atoms with Gasteiger partial charge in [-0.2, -0.15) is 0 Å². The average Bonchev–Trinajstić information content (AvgIpc) is 2.56. The van der Waals surface area contributed by atoms with Crippen molar-refractivity contribution in [3.05, 3.63) is 0 Å². The maximum Gasteiger partial charge on any atom is 0.150 e. The van der Waals surface area contributed by atoms with Crippen LogP contribution in [0.2, 0.25) is 0 Å². The zero-order chi connectivity index (χ0) is 17.0. The topological polar surface area (TPSA) is 104 Å². The van der Waals surface area contributed by atoms with E-state index in [-0.39, 0.29) is 10.8 Å². The van der Waals surface area contributed by atoms with Gasteiger partial charge < -0.3 is 20.4 Å². The van der Waals surface area contributed by atoms with Crippen LogP contribution in [0.5, 0.6) is 0 Å². The van der Waals surface area contributed by atoms with Gasteiger partial charge in [-0.05, 0) is 12.8 Å². The summed E-state index contributed by atoms with van der Waals surface area (Å²) in [6, 6.07) is 0. The molecule has 4 saturated heterocycles. The van der Waals surface area contributed by atoms with Crippen LogP contribution in [0.25, 0.3) is 0 Å². The third kappa shape index (κ3) is 2.29. The molecule has 4 heterocycles. The van der Waals surface area contributed by atoms with Crippen LogP contribution in [0.15, 0.2) is 0 Å². The number of hydrogen-bond acceptors (Lipinski definition) is 7. The summed E-state index contributed by atoms with van der Waals surface area (Å²) in [5.74, 6) is 0.353. The minimum Gasteiger partial charge on any atom is -0.394 e. The van der Waals surface area contributed by atoms with Crippen LogP contribution in [-0.2, 0) is 4.79 Å². The zero-order valence-electron chi connectivity index (χ0n) is 13.9. The van der Waals surface area contributed by atoms with Crippen molar-refractivity contribution in [1.29, 1.82) is 0 Å². The van der Waals surface area contributed by atoms with Gasteiger partial charge in [0.15, 0.2) is 0 Å². The fraction of sp³-hybridized carbons (Fsp3) is 0.938. The zero-order valence-corrected chi connectivity index (χ0v) is 13.9. The van der Waals surface area contributed by atoms with Crippen molar-refractivity contribution in [2.24, 2.45) is 10.8 Å². The standard InChI is InChI=1S/C16H28N2O5/c1-3-15-6-17-8-16(4-2,14(15)23)9-18(7-15)13(17)12(22)11(21)10(20)5-19/h10-13,19-22H,3-9H2,1-2H3/t10-,11+,12-,13?,15?,16?/m0/s1. The highest BCUT2D eigenvalue weighted by Crippen LogP contribution is 2.51. The Hall–Kier alpha value is -0.570. The molecule has 0 unspecified atom stereocenters. The second kappa shape index (κ2) is 5.75. The van der Waals surface area contributed by atoms with Gasteiger partial charge in [0.25, 0.3) is 0 Å². The average molecular weight is 328 g/mol. The van der Waals surface area contributed by atoms with Crippen LogP contribution in [0.3, 0.4) is 0 Å². The lowest BCUT2D eigenvalue weighted by Gasteiger charge is -2.67. The van der Waals surface area contributed by atoms with Crippen molar-refractivity contribution in [2.45, 2.75) is 51.2 Å².